The molecule has 5 amide bonds. The van der Waals surface area contributed by atoms with Crippen LogP contribution >= 0.6 is 31.9 Å². The van der Waals surface area contributed by atoms with Gasteiger partial charge in [0.05, 0.1) is 13.0 Å². The lowest BCUT2D eigenvalue weighted by molar-refractivity contribution is 0.0866. The fraction of sp³-hybridized carbons (Fsp3) is 0.488. The number of alkyl halides is 1. The van der Waals surface area contributed by atoms with Crippen molar-refractivity contribution in [3.63, 3.8) is 0 Å². The minimum Gasteiger partial charge on any atom is -0.503 e. The van der Waals surface area contributed by atoms with Crippen LogP contribution in [0, 0.1) is 41.5 Å². The first-order valence-electron chi connectivity index (χ1n) is 40.7. The number of halogens is 3. The fourth-order valence-corrected chi connectivity index (χ4v) is 18.3. The van der Waals surface area contributed by atoms with E-state index < -0.39 is 41.0 Å². The van der Waals surface area contributed by atoms with Crippen LogP contribution < -0.4 is 63.9 Å². The lowest BCUT2D eigenvalue weighted by atomic mass is 9.89. The maximum absolute atomic E-state index is 13.0. The Bertz CT molecular complexity index is 4880. The number of rotatable bonds is 4. The quantitative estimate of drug-likeness (QED) is 0.0891. The van der Waals surface area contributed by atoms with Crippen LogP contribution in [0.4, 0.5) is 4.39 Å². The Kier molecular flexibility index (Phi) is 26.1. The standard InChI is InChI=1S/2C17H18N4O3.C14H18N2O2.C13H15BrN2O2.C13H16N2O3.C4H3BrN2.C2H6.CH3F.CH4.H2/c2*1-11-9-12(24-13-5-8-18-10-19-13)16(23)21-14(11)15(22)20-17(21)6-3-2-4-7-17;1-9-8-10(2)13(18)16-11(9)12(17)15-14(16)6-4-3-5-7-14;1-8-7-9(14)12(18)16-10(8)11(17)15-13(16)5-3-2-4-6-13;1-8-7-9(16)12(18)15-10(8)11(17)14-13(15)5-3-2-4-6-13;5-4-1-2-6-3-7-4;2*1-2;;/h2*5,8-10H,2-4,6-7H2,1H3,(H,20,22);8H,3-7H2,1-2H3,(H,15,17);7H,2-6H2,1H3,(H,15,17);7,16H,2-6H2,1H3,(H,14,17);1-3H;1-2H3;1H3;1H4;1H/i;;;;;;2*1D;;1+1D. The molecule has 5 aliphatic carbocycles. The lowest BCUT2D eigenvalue weighted by Crippen LogP contribution is -2.48. The van der Waals surface area contributed by atoms with Crippen LogP contribution in [0.1, 0.15) is 273 Å². The first-order valence-corrected chi connectivity index (χ1v) is 39.9. The average molecular weight is 1700 g/mol. The highest BCUT2D eigenvalue weighted by atomic mass is 79.9. The molecule has 10 aliphatic rings. The highest BCUT2D eigenvalue weighted by Gasteiger charge is 2.50. The van der Waals surface area contributed by atoms with Crippen molar-refractivity contribution in [3.05, 3.63) is 209 Å². The molecule has 18 rings (SSSR count). The van der Waals surface area contributed by atoms with E-state index in [1.165, 1.54) is 42.5 Å². The van der Waals surface area contributed by atoms with Crippen molar-refractivity contribution in [3.8, 4) is 29.0 Å². The van der Waals surface area contributed by atoms with E-state index in [4.69, 9.17) is 15.2 Å². The van der Waals surface area contributed by atoms with Crippen molar-refractivity contribution in [2.45, 2.75) is 252 Å². The number of hydrogen-bond acceptors (Lipinski definition) is 19. The molecule has 5 aliphatic heterocycles. The lowest BCUT2D eigenvalue weighted by Gasteiger charge is -2.35. The molecule has 32 heteroatoms. The van der Waals surface area contributed by atoms with Crippen molar-refractivity contribution in [1.29, 1.82) is 0 Å². The molecular formula is C82H103Br2FN16O13. The van der Waals surface area contributed by atoms with Gasteiger partial charge in [0.2, 0.25) is 11.8 Å². The number of pyridine rings is 5. The van der Waals surface area contributed by atoms with Crippen molar-refractivity contribution in [2.75, 3.05) is 7.15 Å². The molecule has 5 saturated carbocycles. The molecule has 610 valence electrons. The van der Waals surface area contributed by atoms with E-state index in [2.05, 4.69) is 88.3 Å². The molecule has 0 radical (unpaired) electrons. The van der Waals surface area contributed by atoms with Gasteiger partial charge in [-0.2, -0.15) is 0 Å². The number of hydrogen-bond donors (Lipinski definition) is 6. The summed E-state index contributed by atoms with van der Waals surface area (Å²) >= 11 is 6.46. The van der Waals surface area contributed by atoms with Crippen molar-refractivity contribution in [1.82, 2.24) is 79.3 Å². The van der Waals surface area contributed by atoms with Crippen LogP contribution in [0.5, 0.6) is 29.0 Å². The molecule has 8 aromatic heterocycles. The van der Waals surface area contributed by atoms with Gasteiger partial charge in [-0.15, -0.1) is 0 Å². The molecule has 5 fully saturated rings. The number of aryl methyl sites for hydroxylation is 6. The smallest absolute Gasteiger partial charge is 0.296 e. The molecule has 0 bridgehead atoms. The number of ether oxygens (including phenoxy) is 2. The minimum absolute atomic E-state index is 0. The van der Waals surface area contributed by atoms with Gasteiger partial charge in [-0.25, -0.2) is 29.9 Å². The van der Waals surface area contributed by atoms with E-state index in [0.717, 1.165) is 180 Å². The Hall–Kier alpha value is -10.4. The van der Waals surface area contributed by atoms with Gasteiger partial charge < -0.3 is 41.2 Å². The Labute approximate surface area is 682 Å². The Balaban J connectivity index is 0.000000161. The third kappa shape index (κ3) is 16.9. The van der Waals surface area contributed by atoms with Crippen LogP contribution in [-0.4, -0.2) is 94.5 Å². The SMILES string of the molecule is Brc1ccncn1.C.Cc1cc(Br)c(=O)n2c1C(=O)NC21CCCCC1.Cc1cc(C)c(=O)n2c1C(=O)NC21CCCCC1.Cc1cc(O)c(=O)n2c1C(=O)NC21CCCCC1.Cc1cc(Oc2ccncn2)c(=O)n2c1C(=O)NC21CCCCC1.Cc1cc(Oc2ccncn2)c(=O)n2c1C(=O)NC21CCCCC1.[2H]CC.[2H]CF.[2H][2H]. The van der Waals surface area contributed by atoms with Gasteiger partial charge in [0.15, 0.2) is 17.2 Å². The number of aromatic nitrogens is 11. The highest BCUT2D eigenvalue weighted by Crippen LogP contribution is 2.43. The average Bonchev–Trinajstić information content (AvgIpc) is 1.61. The molecular weight excluding hydrogens is 1600 g/mol. The number of nitrogens with one attached hydrogen (secondary N) is 5. The second kappa shape index (κ2) is 36.4. The summed E-state index contributed by atoms with van der Waals surface area (Å²) in [6.07, 6.45) is 32.9. The van der Waals surface area contributed by atoms with E-state index in [1.54, 1.807) is 87.1 Å². The van der Waals surface area contributed by atoms with Gasteiger partial charge in [-0.05, 0) is 266 Å². The monoisotopic (exact) mass is 1700 g/mol. The fourth-order valence-electron chi connectivity index (χ4n) is 17.6. The maximum atomic E-state index is 13.0. The summed E-state index contributed by atoms with van der Waals surface area (Å²) in [5.74, 6) is -0.0864. The summed E-state index contributed by atoms with van der Waals surface area (Å²) in [6.45, 7) is 13.3. The van der Waals surface area contributed by atoms with Crippen molar-refractivity contribution in [2.24, 2.45) is 0 Å². The highest BCUT2D eigenvalue weighted by molar-refractivity contribution is 9.10. The summed E-state index contributed by atoms with van der Waals surface area (Å²) in [7, 11) is -1.00. The minimum atomic E-state index is -1.00. The molecule has 0 atom stereocenters. The molecule has 0 saturated heterocycles. The second-order valence-corrected chi connectivity index (χ2v) is 31.5. The normalized spacial score (nSPS) is 18.5. The Morgan fingerprint density at radius 1 is 0.412 bits per heavy atom. The first-order chi connectivity index (χ1) is 56.1. The third-order valence-corrected chi connectivity index (χ3v) is 23.5. The van der Waals surface area contributed by atoms with E-state index in [-0.39, 0.29) is 76.4 Å². The second-order valence-electron chi connectivity index (χ2n) is 29.8. The zero-order valence-electron chi connectivity index (χ0n) is 68.6. The van der Waals surface area contributed by atoms with Crippen LogP contribution in [0.3, 0.4) is 0 Å². The molecule has 8 aromatic rings. The van der Waals surface area contributed by atoms with Crippen LogP contribution in [0.2, 0.25) is 0 Å². The van der Waals surface area contributed by atoms with Gasteiger partial charge in [0.25, 0.3) is 57.3 Å². The summed E-state index contributed by atoms with van der Waals surface area (Å²) in [5.41, 5.74) is 3.00. The molecule has 13 heterocycles. The van der Waals surface area contributed by atoms with Crippen LogP contribution in [0.25, 0.3) is 0 Å². The van der Waals surface area contributed by atoms with Crippen molar-refractivity contribution < 1.29 is 48.7 Å². The van der Waals surface area contributed by atoms with E-state index in [1.807, 2.05) is 40.7 Å². The zero-order valence-corrected chi connectivity index (χ0v) is 67.7. The summed E-state index contributed by atoms with van der Waals surface area (Å²) in [5, 5.41) is 24.9. The summed E-state index contributed by atoms with van der Waals surface area (Å²) < 4.78 is 52.5. The molecule has 0 unspecified atom stereocenters. The van der Waals surface area contributed by atoms with E-state index in [0.29, 0.717) is 57.2 Å². The number of carbonyl (C=O) groups excluding carboxylic acids is 5. The number of carbonyl (C=O) groups is 5. The molecule has 29 nitrogen and oxygen atoms in total. The predicted octanol–water partition coefficient (Wildman–Crippen LogP) is 13.3. The first kappa shape index (κ1) is 81.6. The summed E-state index contributed by atoms with van der Waals surface area (Å²) in [4.78, 5) is 147. The maximum Gasteiger partial charge on any atom is 0.296 e. The summed E-state index contributed by atoms with van der Waals surface area (Å²) in [6, 6.07) is 13.1. The largest absolute Gasteiger partial charge is 0.503 e. The van der Waals surface area contributed by atoms with Crippen molar-refractivity contribution >= 4 is 61.4 Å². The van der Waals surface area contributed by atoms with E-state index in [9.17, 15) is 57.4 Å². The van der Waals surface area contributed by atoms with Gasteiger partial charge in [0.1, 0.15) is 80.4 Å². The van der Waals surface area contributed by atoms with Crippen LogP contribution in [-0.2, 0) is 28.3 Å². The molecule has 114 heavy (non-hydrogen) atoms. The molecule has 5 spiro atoms. The Morgan fingerprint density at radius 2 is 0.684 bits per heavy atom. The number of amides is 5. The third-order valence-electron chi connectivity index (χ3n) is 22.4. The predicted molar refractivity (Wildman–Crippen MR) is 435 cm³/mol. The van der Waals surface area contributed by atoms with Crippen LogP contribution in [0.15, 0.2) is 119 Å². The van der Waals surface area contributed by atoms with Gasteiger partial charge in [-0.1, -0.05) is 53.4 Å². The topological polar surface area (TPSA) is 372 Å². The number of fused-ring (bicyclic) bond motifs is 10. The molecule has 0 aromatic carbocycles. The number of nitrogens with zero attached hydrogens (tertiary/aromatic N) is 11. The number of aromatic hydroxyl groups is 1. The Morgan fingerprint density at radius 3 is 0.974 bits per heavy atom. The van der Waals surface area contributed by atoms with Gasteiger partial charge >= 0.3 is 0 Å². The molecule has 6 N–H and O–H groups in total. The van der Waals surface area contributed by atoms with Gasteiger partial charge in [0, 0.05) is 40.6 Å². The van der Waals surface area contributed by atoms with E-state index >= 15 is 0 Å². The zero-order chi connectivity index (χ0) is 84.7. The van der Waals surface area contributed by atoms with Gasteiger partial charge in [-0.3, -0.25) is 75.2 Å².